The number of carbonyl (C=O) groups is 1. The van der Waals surface area contributed by atoms with Crippen molar-refractivity contribution in [1.29, 1.82) is 0 Å². The average Bonchev–Trinajstić information content (AvgIpc) is 3.42. The number of anilines is 1. The minimum absolute atomic E-state index is 0.00596. The smallest absolute Gasteiger partial charge is 0.137 e. The molecule has 7 saturated carbocycles. The summed E-state index contributed by atoms with van der Waals surface area (Å²) in [6.07, 6.45) is 24.2. The number of para-hydroxylation sites is 1. The lowest BCUT2D eigenvalue weighted by Gasteiger charge is -2.41. The number of rotatable bonds is 3. The zero-order chi connectivity index (χ0) is 29.3. The second-order valence-corrected chi connectivity index (χ2v) is 17.7. The van der Waals surface area contributed by atoms with E-state index in [1.54, 1.807) is 5.57 Å². The molecule has 234 valence electrons. The minimum atomic E-state index is -0.317. The Morgan fingerprint density at radius 1 is 0.841 bits per heavy atom. The molecule has 17 atom stereocenters. The van der Waals surface area contributed by atoms with Crippen LogP contribution >= 0.6 is 0 Å². The van der Waals surface area contributed by atoms with Gasteiger partial charge in [-0.05, 0) is 165 Å². The van der Waals surface area contributed by atoms with Gasteiger partial charge in [-0.15, -0.1) is 0 Å². The van der Waals surface area contributed by atoms with Crippen molar-refractivity contribution in [2.24, 2.45) is 94.0 Å². The second-order valence-electron chi connectivity index (χ2n) is 17.7. The molecule has 0 amide bonds. The molecule has 44 heavy (non-hydrogen) atoms. The Morgan fingerprint density at radius 2 is 1.73 bits per heavy atom. The van der Waals surface area contributed by atoms with Gasteiger partial charge in [-0.1, -0.05) is 55.3 Å². The van der Waals surface area contributed by atoms with Crippen LogP contribution in [0.3, 0.4) is 0 Å². The Balaban J connectivity index is 0.946. The van der Waals surface area contributed by atoms with E-state index in [9.17, 15) is 4.79 Å². The summed E-state index contributed by atoms with van der Waals surface area (Å²) in [4.78, 5) is 12.8. The van der Waals surface area contributed by atoms with Gasteiger partial charge in [-0.3, -0.25) is 0 Å². The van der Waals surface area contributed by atoms with Gasteiger partial charge in [-0.25, -0.2) is 0 Å². The van der Waals surface area contributed by atoms with E-state index in [1.165, 1.54) is 101 Å². The number of aldehydes is 1. The zero-order valence-corrected chi connectivity index (χ0v) is 26.7. The maximum atomic E-state index is 12.8. The maximum absolute atomic E-state index is 12.8. The highest BCUT2D eigenvalue weighted by molar-refractivity contribution is 5.62. The van der Waals surface area contributed by atoms with Gasteiger partial charge in [-0.2, -0.15) is 0 Å². The fraction of sp³-hybridized carbons (Fsp3) is 0.732. The van der Waals surface area contributed by atoms with Gasteiger partial charge in [0.15, 0.2) is 0 Å². The van der Waals surface area contributed by atoms with Crippen molar-refractivity contribution in [3.8, 4) is 0 Å². The van der Waals surface area contributed by atoms with Crippen LogP contribution < -0.4 is 11.1 Å². The van der Waals surface area contributed by atoms with Crippen molar-refractivity contribution < 1.29 is 4.79 Å². The number of allylic oxidation sites excluding steroid dienone is 3. The fourth-order valence-corrected chi connectivity index (χ4v) is 15.3. The third-order valence-electron chi connectivity index (χ3n) is 16.8. The Morgan fingerprint density at radius 3 is 2.64 bits per heavy atom. The van der Waals surface area contributed by atoms with Crippen LogP contribution in [0.2, 0.25) is 0 Å². The van der Waals surface area contributed by atoms with Crippen molar-refractivity contribution >= 4 is 12.0 Å². The quantitative estimate of drug-likeness (QED) is 0.277. The predicted molar refractivity (Wildman–Crippen MR) is 177 cm³/mol. The number of fused-ring (bicyclic) bond motifs is 13. The van der Waals surface area contributed by atoms with Crippen LogP contribution in [0.25, 0.3) is 0 Å². The maximum Gasteiger partial charge on any atom is 0.137 e. The van der Waals surface area contributed by atoms with Gasteiger partial charge >= 0.3 is 0 Å². The largest absolute Gasteiger partial charge is 0.382 e. The summed E-state index contributed by atoms with van der Waals surface area (Å²) in [6, 6.07) is 9.39. The monoisotopic (exact) mass is 590 g/mol. The minimum Gasteiger partial charge on any atom is -0.382 e. The first kappa shape index (κ1) is 27.3. The Bertz CT molecular complexity index is 1380. The van der Waals surface area contributed by atoms with Crippen LogP contribution in [0, 0.1) is 88.3 Å². The molecule has 1 aromatic rings. The molecule has 0 radical (unpaired) electrons. The molecule has 8 aliphatic carbocycles. The number of hydrogen-bond donors (Lipinski definition) is 2. The Labute approximate surface area is 265 Å². The Kier molecular flexibility index (Phi) is 6.08. The molecule has 0 bridgehead atoms. The molecular formula is C41H54N2O. The van der Waals surface area contributed by atoms with Crippen LogP contribution in [0.15, 0.2) is 48.6 Å². The molecule has 7 fully saturated rings. The second kappa shape index (κ2) is 9.82. The summed E-state index contributed by atoms with van der Waals surface area (Å²) in [5.74, 6) is 10.8. The van der Waals surface area contributed by atoms with Crippen LogP contribution in [-0.2, 0) is 11.2 Å². The standard InChI is InChI=1S/C41H54N2O/c1-22-9-16-35-39(38-30-14-12-23-6-4-7-28(23)33(30)20-31(22)38)41(35,37(42)21-44)27-13-15-29-26(17-27)19-34-32(29)18-25-11-10-24-5-2-3-8-36(24)43-40(25)34/h2-3,5,8,13,15,21,23,25-35,37-40,43H,1,4,6-7,9-12,14,16-20,42H2/t23-,25-,26+,27-,28+,29-,30+,31-,32+,33+,34+,35+,37+,38+,39-,40-,41-/m1/s1. The Hall–Kier alpha value is -1.87. The van der Waals surface area contributed by atoms with Crippen molar-refractivity contribution in [2.45, 2.75) is 95.6 Å². The molecule has 1 aliphatic heterocycles. The van der Waals surface area contributed by atoms with Crippen LogP contribution in [0.4, 0.5) is 5.69 Å². The average molecular weight is 591 g/mol. The highest BCUT2D eigenvalue weighted by atomic mass is 16.1. The lowest BCUT2D eigenvalue weighted by Crippen LogP contribution is -2.44. The highest BCUT2D eigenvalue weighted by Gasteiger charge is 2.75. The number of benzene rings is 1. The molecule has 3 nitrogen and oxygen atoms in total. The van der Waals surface area contributed by atoms with E-state index in [2.05, 4.69) is 41.7 Å². The van der Waals surface area contributed by atoms with E-state index < -0.39 is 0 Å². The van der Waals surface area contributed by atoms with Gasteiger partial charge < -0.3 is 15.8 Å². The molecule has 1 heterocycles. The first-order valence-corrected chi connectivity index (χ1v) is 19.0. The third-order valence-corrected chi connectivity index (χ3v) is 16.8. The summed E-state index contributed by atoms with van der Waals surface area (Å²) in [7, 11) is 0. The topological polar surface area (TPSA) is 55.1 Å². The summed E-state index contributed by atoms with van der Waals surface area (Å²) >= 11 is 0. The first-order valence-electron chi connectivity index (χ1n) is 19.0. The van der Waals surface area contributed by atoms with Crippen molar-refractivity contribution in [1.82, 2.24) is 0 Å². The van der Waals surface area contributed by atoms with Crippen molar-refractivity contribution in [2.75, 3.05) is 5.32 Å². The van der Waals surface area contributed by atoms with Crippen LogP contribution in [0.5, 0.6) is 0 Å². The van der Waals surface area contributed by atoms with Gasteiger partial charge in [0.1, 0.15) is 6.29 Å². The van der Waals surface area contributed by atoms with E-state index in [-0.39, 0.29) is 11.5 Å². The molecule has 10 rings (SSSR count). The third kappa shape index (κ3) is 3.57. The number of carbonyl (C=O) groups excluding carboxylic acids is 1. The molecule has 0 saturated heterocycles. The molecule has 1 aromatic carbocycles. The molecule has 0 aromatic heterocycles. The molecule has 9 aliphatic rings. The van der Waals surface area contributed by atoms with Gasteiger partial charge in [0.05, 0.1) is 6.04 Å². The van der Waals surface area contributed by atoms with E-state index >= 15 is 0 Å². The van der Waals surface area contributed by atoms with E-state index in [0.29, 0.717) is 29.7 Å². The SMILES string of the molecule is C=C1CC[C@H]2[C@H]([C@H]3[C@H]4CC[C@H]5CCC[C@@H]5[C@@H]4C[C@H]13)[C@@]2([C@@H]1C=C[C@@H]2[C@H](C[C@H]3[C@H]2C[C@H]2CCc4ccccc4N[C@H]23)C1)[C@@H](N)C=O. The van der Waals surface area contributed by atoms with E-state index in [1.807, 2.05) is 0 Å². The summed E-state index contributed by atoms with van der Waals surface area (Å²) < 4.78 is 0. The number of nitrogens with one attached hydrogen (secondary N) is 1. The number of aryl methyl sites for hydroxylation is 1. The normalized spacial score (nSPS) is 53.3. The molecular weight excluding hydrogens is 536 g/mol. The summed E-state index contributed by atoms with van der Waals surface area (Å²) in [5.41, 5.74) is 11.5. The lowest BCUT2D eigenvalue weighted by molar-refractivity contribution is -0.111. The molecule has 3 N–H and O–H groups in total. The van der Waals surface area contributed by atoms with Gasteiger partial charge in [0.2, 0.25) is 0 Å². The van der Waals surface area contributed by atoms with E-state index in [4.69, 9.17) is 12.3 Å². The van der Waals surface area contributed by atoms with E-state index in [0.717, 1.165) is 59.2 Å². The summed E-state index contributed by atoms with van der Waals surface area (Å²) in [5, 5.41) is 4.10. The van der Waals surface area contributed by atoms with Crippen LogP contribution in [0.1, 0.15) is 82.6 Å². The zero-order valence-electron chi connectivity index (χ0n) is 26.7. The lowest BCUT2D eigenvalue weighted by atomic mass is 9.64. The van der Waals surface area contributed by atoms with Gasteiger partial charge in [0, 0.05) is 17.1 Å². The fourth-order valence-electron chi connectivity index (χ4n) is 15.3. The predicted octanol–water partition coefficient (Wildman–Crippen LogP) is 8.07. The van der Waals surface area contributed by atoms with Gasteiger partial charge in [0.25, 0.3) is 0 Å². The number of nitrogens with two attached hydrogens (primary N) is 1. The van der Waals surface area contributed by atoms with Crippen molar-refractivity contribution in [3.63, 3.8) is 0 Å². The number of hydrogen-bond acceptors (Lipinski definition) is 3. The van der Waals surface area contributed by atoms with Crippen LogP contribution in [-0.4, -0.2) is 18.4 Å². The highest BCUT2D eigenvalue weighted by Crippen LogP contribution is 2.78. The van der Waals surface area contributed by atoms with Crippen molar-refractivity contribution in [3.05, 3.63) is 54.1 Å². The first-order chi connectivity index (χ1) is 21.6. The summed E-state index contributed by atoms with van der Waals surface area (Å²) in [6.45, 7) is 4.75. The molecule has 0 spiro atoms. The molecule has 3 heteroatoms. The molecule has 0 unspecified atom stereocenters.